The third-order valence-electron chi connectivity index (χ3n) is 4.64. The molecule has 2 amide bonds. The van der Waals surface area contributed by atoms with Gasteiger partial charge >= 0.3 is 5.97 Å². The van der Waals surface area contributed by atoms with Crippen LogP contribution in [0.2, 0.25) is 0 Å². The lowest BCUT2D eigenvalue weighted by molar-refractivity contribution is -0.143. The van der Waals surface area contributed by atoms with Crippen molar-refractivity contribution < 1.29 is 33.3 Å². The van der Waals surface area contributed by atoms with E-state index in [9.17, 15) is 14.4 Å². The molecule has 2 aromatic carbocycles. The second-order valence-electron chi connectivity index (χ2n) is 7.13. The van der Waals surface area contributed by atoms with Crippen molar-refractivity contribution in [3.63, 3.8) is 0 Å². The second kappa shape index (κ2) is 11.9. The van der Waals surface area contributed by atoms with E-state index in [-0.39, 0.29) is 35.8 Å². The van der Waals surface area contributed by atoms with Crippen LogP contribution in [0.3, 0.4) is 0 Å². The van der Waals surface area contributed by atoms with E-state index in [1.54, 1.807) is 18.2 Å². The minimum absolute atomic E-state index is 0.143. The Hall–Kier alpha value is -2.98. The Morgan fingerprint density at radius 3 is 2.65 bits per heavy atom. The Kier molecular flexibility index (Phi) is 9.00. The third kappa shape index (κ3) is 6.54. The predicted molar refractivity (Wildman–Crippen MR) is 132 cm³/mol. The van der Waals surface area contributed by atoms with E-state index in [0.29, 0.717) is 33.9 Å². The number of imide groups is 1. The van der Waals surface area contributed by atoms with Crippen molar-refractivity contribution in [2.75, 3.05) is 33.5 Å². The topological polar surface area (TPSA) is 91.4 Å². The van der Waals surface area contributed by atoms with Crippen molar-refractivity contribution in [3.05, 3.63) is 56.9 Å². The number of esters is 1. The van der Waals surface area contributed by atoms with Gasteiger partial charge in [-0.3, -0.25) is 14.5 Å². The van der Waals surface area contributed by atoms with Crippen LogP contribution in [0.15, 0.2) is 45.8 Å². The monoisotopic (exact) mass is 549 g/mol. The summed E-state index contributed by atoms with van der Waals surface area (Å²) in [7, 11) is 1.27. The number of halogens is 1. The highest BCUT2D eigenvalue weighted by Gasteiger charge is 2.35. The number of amides is 2. The van der Waals surface area contributed by atoms with E-state index in [2.05, 4.69) is 20.7 Å². The number of nitrogens with zero attached hydrogens (tertiary/aromatic N) is 1. The van der Waals surface area contributed by atoms with Crippen molar-refractivity contribution in [1.29, 1.82) is 0 Å². The zero-order chi connectivity index (χ0) is 24.7. The lowest BCUT2D eigenvalue weighted by Gasteiger charge is -2.14. The highest BCUT2D eigenvalue weighted by Crippen LogP contribution is 2.39. The van der Waals surface area contributed by atoms with Crippen LogP contribution in [-0.2, 0) is 14.3 Å². The fraction of sp³-hybridized carbons (Fsp3) is 0.292. The summed E-state index contributed by atoms with van der Waals surface area (Å²) in [4.78, 5) is 38.1. The maximum Gasteiger partial charge on any atom is 0.343 e. The summed E-state index contributed by atoms with van der Waals surface area (Å²) in [5, 5.41) is -0.355. The van der Waals surface area contributed by atoms with E-state index in [0.717, 1.165) is 17.3 Å². The first kappa shape index (κ1) is 25.6. The number of hydrogen-bond donors (Lipinski definition) is 0. The predicted octanol–water partition coefficient (Wildman–Crippen LogP) is 4.82. The van der Waals surface area contributed by atoms with Gasteiger partial charge in [0.1, 0.15) is 12.4 Å². The van der Waals surface area contributed by atoms with Crippen LogP contribution < -0.4 is 14.2 Å². The Morgan fingerprint density at radius 1 is 1.15 bits per heavy atom. The summed E-state index contributed by atoms with van der Waals surface area (Å²) >= 11 is 4.28. The molecule has 1 heterocycles. The van der Waals surface area contributed by atoms with Gasteiger partial charge in [0.15, 0.2) is 18.1 Å². The zero-order valence-corrected chi connectivity index (χ0v) is 21.4. The van der Waals surface area contributed by atoms with E-state index in [1.165, 1.54) is 12.0 Å². The average Bonchev–Trinajstić information content (AvgIpc) is 3.06. The van der Waals surface area contributed by atoms with Crippen LogP contribution in [0.1, 0.15) is 18.1 Å². The van der Waals surface area contributed by atoms with Crippen LogP contribution in [-0.4, -0.2) is 55.5 Å². The number of rotatable bonds is 10. The molecule has 2 aromatic rings. The Bertz CT molecular complexity index is 1120. The molecule has 0 aromatic heterocycles. The molecule has 3 rings (SSSR count). The Labute approximate surface area is 210 Å². The Balaban J connectivity index is 1.72. The molecule has 1 aliphatic rings. The number of carbonyl (C=O) groups excluding carboxylic acids is 3. The summed E-state index contributed by atoms with van der Waals surface area (Å²) in [6.07, 6.45) is 1.61. The van der Waals surface area contributed by atoms with Gasteiger partial charge in [0.2, 0.25) is 0 Å². The number of hydrogen-bond acceptors (Lipinski definition) is 8. The van der Waals surface area contributed by atoms with Gasteiger partial charge in [-0.05, 0) is 83.0 Å². The number of ether oxygens (including phenoxy) is 4. The molecule has 0 unspecified atom stereocenters. The fourth-order valence-corrected chi connectivity index (χ4v) is 4.51. The van der Waals surface area contributed by atoms with E-state index < -0.39 is 5.97 Å². The molecule has 0 saturated carbocycles. The van der Waals surface area contributed by atoms with Gasteiger partial charge in [-0.25, -0.2) is 4.79 Å². The van der Waals surface area contributed by atoms with Crippen LogP contribution in [0.4, 0.5) is 4.79 Å². The average molecular weight is 550 g/mol. The minimum Gasteiger partial charge on any atom is -0.492 e. The first-order valence-corrected chi connectivity index (χ1v) is 12.0. The van der Waals surface area contributed by atoms with Gasteiger partial charge in [0.05, 0.1) is 29.6 Å². The SMILES string of the molecule is CCOc1cc(/C=C2\SC(=O)N(CCOc3cccc(C)c3)C2=O)cc(Br)c1OCC(=O)OC. The molecule has 0 N–H and O–H groups in total. The van der Waals surface area contributed by atoms with Crippen molar-refractivity contribution in [1.82, 2.24) is 4.90 Å². The van der Waals surface area contributed by atoms with E-state index in [1.807, 2.05) is 38.1 Å². The molecule has 1 saturated heterocycles. The van der Waals surface area contributed by atoms with Gasteiger partial charge in [0, 0.05) is 0 Å². The normalized spacial score (nSPS) is 14.5. The molecule has 10 heteroatoms. The first-order chi connectivity index (χ1) is 16.3. The first-order valence-electron chi connectivity index (χ1n) is 10.4. The molecule has 34 heavy (non-hydrogen) atoms. The van der Waals surface area contributed by atoms with Gasteiger partial charge < -0.3 is 18.9 Å². The molecule has 1 fully saturated rings. The van der Waals surface area contributed by atoms with Crippen LogP contribution in [0.25, 0.3) is 6.08 Å². The minimum atomic E-state index is -0.529. The summed E-state index contributed by atoms with van der Waals surface area (Å²) in [6.45, 7) is 4.20. The second-order valence-corrected chi connectivity index (χ2v) is 8.97. The van der Waals surface area contributed by atoms with Crippen molar-refractivity contribution in [3.8, 4) is 17.2 Å². The van der Waals surface area contributed by atoms with Crippen LogP contribution in [0.5, 0.6) is 17.2 Å². The number of methoxy groups -OCH3 is 1. The quantitative estimate of drug-likeness (QED) is 0.307. The van der Waals surface area contributed by atoms with E-state index >= 15 is 0 Å². The highest BCUT2D eigenvalue weighted by atomic mass is 79.9. The van der Waals surface area contributed by atoms with Crippen LogP contribution >= 0.6 is 27.7 Å². The molecule has 1 aliphatic heterocycles. The smallest absolute Gasteiger partial charge is 0.343 e. The maximum absolute atomic E-state index is 12.8. The molecular weight excluding hydrogens is 526 g/mol. The molecule has 0 atom stereocenters. The van der Waals surface area contributed by atoms with Gasteiger partial charge in [-0.2, -0.15) is 0 Å². The van der Waals surface area contributed by atoms with E-state index in [4.69, 9.17) is 14.2 Å². The maximum atomic E-state index is 12.8. The van der Waals surface area contributed by atoms with Crippen molar-refractivity contribution in [2.24, 2.45) is 0 Å². The highest BCUT2D eigenvalue weighted by molar-refractivity contribution is 9.10. The lowest BCUT2D eigenvalue weighted by atomic mass is 10.2. The zero-order valence-electron chi connectivity index (χ0n) is 19.0. The molecular formula is C24H24BrNO7S. The largest absolute Gasteiger partial charge is 0.492 e. The van der Waals surface area contributed by atoms with Gasteiger partial charge in [-0.1, -0.05) is 12.1 Å². The fourth-order valence-electron chi connectivity index (χ4n) is 3.07. The number of carbonyl (C=O) groups is 3. The number of aryl methyl sites for hydroxylation is 1. The van der Waals surface area contributed by atoms with Crippen molar-refractivity contribution in [2.45, 2.75) is 13.8 Å². The van der Waals surface area contributed by atoms with Gasteiger partial charge in [-0.15, -0.1) is 0 Å². The third-order valence-corrected chi connectivity index (χ3v) is 6.13. The standard InChI is InChI=1S/C24H24BrNO7S/c1-4-31-19-12-16(11-18(25)22(19)33-14-21(27)30-3)13-20-23(28)26(24(29)34-20)8-9-32-17-7-5-6-15(2)10-17/h5-7,10-13H,4,8-9,14H2,1-3H3/b20-13-. The summed E-state index contributed by atoms with van der Waals surface area (Å²) < 4.78 is 22.0. The molecule has 0 spiro atoms. The molecule has 180 valence electrons. The number of thioether (sulfide) groups is 1. The van der Waals surface area contributed by atoms with Gasteiger partial charge in [0.25, 0.3) is 11.1 Å². The summed E-state index contributed by atoms with van der Waals surface area (Å²) in [6, 6.07) is 10.9. The van der Waals surface area contributed by atoms with Crippen molar-refractivity contribution >= 4 is 50.9 Å². The molecule has 0 bridgehead atoms. The molecule has 0 aliphatic carbocycles. The molecule has 0 radical (unpaired) electrons. The number of benzene rings is 2. The summed E-state index contributed by atoms with van der Waals surface area (Å²) in [5.41, 5.74) is 1.69. The molecule has 8 nitrogen and oxygen atoms in total. The lowest BCUT2D eigenvalue weighted by Crippen LogP contribution is -2.32. The van der Waals surface area contributed by atoms with Crippen LogP contribution in [0, 0.1) is 6.92 Å². The Morgan fingerprint density at radius 2 is 1.94 bits per heavy atom. The summed E-state index contributed by atoms with van der Waals surface area (Å²) in [5.74, 6) is 0.496.